The van der Waals surface area contributed by atoms with Crippen molar-refractivity contribution in [1.29, 1.82) is 0 Å². The fraction of sp³-hybridized carbons (Fsp3) is 0.455. The first-order valence-electron chi connectivity index (χ1n) is 12.3. The summed E-state index contributed by atoms with van der Waals surface area (Å²) in [6, 6.07) is -0.914. The molecule has 1 aromatic rings. The Morgan fingerprint density at radius 1 is 1.23 bits per heavy atom. The monoisotopic (exact) mass is 648 g/mol. The van der Waals surface area contributed by atoms with Gasteiger partial charge >= 0.3 is 18.1 Å². The number of anilines is 1. The van der Waals surface area contributed by atoms with Crippen molar-refractivity contribution in [3.8, 4) is 0 Å². The highest BCUT2D eigenvalue weighted by Crippen LogP contribution is 2.41. The molecule has 1 aromatic heterocycles. The molecule has 43 heavy (non-hydrogen) atoms. The zero-order valence-corrected chi connectivity index (χ0v) is 23.3. The van der Waals surface area contributed by atoms with Gasteiger partial charge in [0.25, 0.3) is 11.8 Å². The minimum Gasteiger partial charge on any atom is -0.477 e. The lowest BCUT2D eigenvalue weighted by molar-refractivity contribution is -0.192. The highest BCUT2D eigenvalue weighted by Gasteiger charge is 2.54. The molecule has 21 heteroatoms. The Kier molecular flexibility index (Phi) is 9.25. The lowest BCUT2D eigenvalue weighted by atomic mass is 10.0. The van der Waals surface area contributed by atoms with Crippen LogP contribution in [0.1, 0.15) is 18.7 Å². The van der Waals surface area contributed by atoms with Crippen LogP contribution < -0.4 is 16.4 Å². The summed E-state index contributed by atoms with van der Waals surface area (Å²) < 4.78 is 35.6. The second-order valence-corrected chi connectivity index (χ2v) is 11.2. The third-order valence-electron chi connectivity index (χ3n) is 6.68. The molecule has 0 radical (unpaired) electrons. The summed E-state index contributed by atoms with van der Waals surface area (Å²) in [6.07, 6.45) is -2.11. The topological polar surface area (TPSA) is 241 Å². The normalized spacial score (nSPS) is 24.9. The molecule has 5 rings (SSSR count). The Labute approximate surface area is 247 Å². The van der Waals surface area contributed by atoms with Crippen LogP contribution in [-0.2, 0) is 24.0 Å². The molecule has 4 aliphatic rings. The summed E-state index contributed by atoms with van der Waals surface area (Å²) in [6.45, 7) is 2.17. The third kappa shape index (κ3) is 6.57. The predicted molar refractivity (Wildman–Crippen MR) is 142 cm³/mol. The number of thioether (sulfide) groups is 1. The van der Waals surface area contributed by atoms with Crippen LogP contribution in [0.15, 0.2) is 28.1 Å². The van der Waals surface area contributed by atoms with Crippen LogP contribution in [0.4, 0.5) is 18.3 Å². The van der Waals surface area contributed by atoms with Gasteiger partial charge in [-0.05, 0) is 31.0 Å². The van der Waals surface area contributed by atoms with Crippen LogP contribution in [0.5, 0.6) is 0 Å². The average molecular weight is 649 g/mol. The number of oxime groups is 1. The molecule has 0 spiro atoms. The van der Waals surface area contributed by atoms with E-state index < -0.39 is 47.1 Å². The SMILES string of the molecule is Nc1nc(/C(=N/O)C(=O)N[C@@H]2C(=O)N3C(C(=O)O)=C(/C=C4\CCN([C@@H]5CCNC5)C4=O)CS[C@H]23)ns1.O=C(O)C(F)(F)F. The number of carboxylic acids is 2. The third-order valence-corrected chi connectivity index (χ3v) is 8.52. The number of β-lactam (4-membered cyclic amide) rings is 1. The van der Waals surface area contributed by atoms with Crippen LogP contribution in [0.3, 0.4) is 0 Å². The molecule has 0 saturated carbocycles. The molecule has 5 heterocycles. The van der Waals surface area contributed by atoms with Crippen LogP contribution in [0, 0.1) is 0 Å². The van der Waals surface area contributed by atoms with Crippen molar-refractivity contribution in [3.63, 3.8) is 0 Å². The second-order valence-electron chi connectivity index (χ2n) is 9.31. The Hall–Kier alpha value is -4.24. The highest BCUT2D eigenvalue weighted by molar-refractivity contribution is 8.00. The molecule has 4 aliphatic heterocycles. The number of rotatable bonds is 6. The van der Waals surface area contributed by atoms with E-state index in [9.17, 15) is 42.7 Å². The molecule has 16 nitrogen and oxygen atoms in total. The van der Waals surface area contributed by atoms with Gasteiger partial charge in [-0.3, -0.25) is 19.3 Å². The summed E-state index contributed by atoms with van der Waals surface area (Å²) in [7, 11) is 0. The number of likely N-dealkylation sites (tertiary alicyclic amines) is 1. The largest absolute Gasteiger partial charge is 0.490 e. The molecule has 7 N–H and O–H groups in total. The molecule has 3 fully saturated rings. The van der Waals surface area contributed by atoms with Crippen molar-refractivity contribution in [3.05, 3.63) is 28.7 Å². The predicted octanol–water partition coefficient (Wildman–Crippen LogP) is -0.809. The standard InChI is InChI=1S/C20H22N8O6S2.C2HF3O2/c21-20-24-14(26-36-20)11(25-34)15(29)23-12-17(31)28-13(19(32)33)9(7-35-18(12)28)5-8-2-4-27(16(8)30)10-1-3-22-6-10;3-2(4,5)1(6)7/h5,10,12,18,22,34H,1-4,6-7H2,(H,23,29)(H,32,33)(H2,21,24,26);(H,6,7)/b8-5+,25-11-;/t10-,12-,18-;/m1./s1. The Morgan fingerprint density at radius 2 is 1.93 bits per heavy atom. The maximum Gasteiger partial charge on any atom is 0.490 e. The molecule has 0 bridgehead atoms. The molecular formula is C22H23F3N8O8S2. The van der Waals surface area contributed by atoms with Gasteiger partial charge in [0.2, 0.25) is 17.4 Å². The van der Waals surface area contributed by atoms with Crippen molar-refractivity contribution in [2.75, 3.05) is 31.1 Å². The van der Waals surface area contributed by atoms with E-state index in [2.05, 4.69) is 25.1 Å². The van der Waals surface area contributed by atoms with Gasteiger partial charge in [0.1, 0.15) is 17.1 Å². The fourth-order valence-corrected chi connectivity index (χ4v) is 6.46. The van der Waals surface area contributed by atoms with E-state index in [4.69, 9.17) is 15.6 Å². The number of carbonyl (C=O) groups excluding carboxylic acids is 3. The summed E-state index contributed by atoms with van der Waals surface area (Å²) in [5.41, 5.74) is 5.67. The van der Waals surface area contributed by atoms with Crippen molar-refractivity contribution in [2.24, 2.45) is 5.16 Å². The van der Waals surface area contributed by atoms with E-state index in [-0.39, 0.29) is 34.4 Å². The fourth-order valence-electron chi connectivity index (χ4n) is 4.72. The van der Waals surface area contributed by atoms with Gasteiger partial charge in [0.05, 0.1) is 0 Å². The average Bonchev–Trinajstić information content (AvgIpc) is 3.70. The van der Waals surface area contributed by atoms with Crippen LogP contribution in [0.25, 0.3) is 0 Å². The van der Waals surface area contributed by atoms with Gasteiger partial charge < -0.3 is 36.7 Å². The number of aliphatic carboxylic acids is 2. The van der Waals surface area contributed by atoms with Crippen LogP contribution in [-0.4, -0.2) is 119 Å². The van der Waals surface area contributed by atoms with E-state index in [0.717, 1.165) is 35.9 Å². The smallest absolute Gasteiger partial charge is 0.477 e. The van der Waals surface area contributed by atoms with Crippen molar-refractivity contribution < 1.29 is 52.6 Å². The molecule has 3 atom stereocenters. The number of hydrogen-bond acceptors (Lipinski definition) is 13. The molecule has 3 amide bonds. The number of alkyl halides is 3. The first-order chi connectivity index (χ1) is 20.2. The Bertz CT molecular complexity index is 1440. The number of halogens is 3. The first kappa shape index (κ1) is 31.7. The summed E-state index contributed by atoms with van der Waals surface area (Å²) >= 11 is 2.07. The van der Waals surface area contributed by atoms with Crippen molar-refractivity contribution >= 4 is 63.8 Å². The Balaban J connectivity index is 0.000000541. The first-order valence-corrected chi connectivity index (χ1v) is 14.1. The minimum absolute atomic E-state index is 0.0642. The van der Waals surface area contributed by atoms with E-state index in [0.29, 0.717) is 24.1 Å². The van der Waals surface area contributed by atoms with Crippen LogP contribution in [0.2, 0.25) is 0 Å². The number of allylic oxidation sites excluding steroid dienone is 1. The number of nitrogens with two attached hydrogens (primary N) is 1. The van der Waals surface area contributed by atoms with E-state index >= 15 is 0 Å². The number of nitrogens with zero attached hydrogens (tertiary/aromatic N) is 5. The number of hydrogen-bond donors (Lipinski definition) is 6. The van der Waals surface area contributed by atoms with Gasteiger partial charge in [0.15, 0.2) is 5.13 Å². The zero-order chi connectivity index (χ0) is 31.6. The second kappa shape index (κ2) is 12.6. The van der Waals surface area contributed by atoms with Gasteiger partial charge in [-0.15, -0.1) is 11.8 Å². The molecule has 0 unspecified atom stereocenters. The summed E-state index contributed by atoms with van der Waals surface area (Å²) in [5, 5.41) is 34.3. The van der Waals surface area contributed by atoms with Gasteiger partial charge in [-0.25, -0.2) is 9.59 Å². The maximum atomic E-state index is 12.9. The van der Waals surface area contributed by atoms with Crippen LogP contribution >= 0.6 is 23.3 Å². The van der Waals surface area contributed by atoms with Gasteiger partial charge in [-0.2, -0.15) is 22.5 Å². The molecule has 3 saturated heterocycles. The zero-order valence-electron chi connectivity index (χ0n) is 21.7. The number of nitrogens with one attached hydrogen (secondary N) is 2. The molecule has 232 valence electrons. The number of carboxylic acid groups (broad SMARTS) is 2. The summed E-state index contributed by atoms with van der Waals surface area (Å²) in [5.74, 6) is -5.66. The molecule has 0 aliphatic carbocycles. The summed E-state index contributed by atoms with van der Waals surface area (Å²) in [4.78, 5) is 66.2. The number of aromatic nitrogens is 2. The molecule has 0 aromatic carbocycles. The molecular weight excluding hydrogens is 625 g/mol. The number of carbonyl (C=O) groups is 5. The van der Waals surface area contributed by atoms with E-state index in [1.165, 1.54) is 11.8 Å². The lowest BCUT2D eigenvalue weighted by Crippen LogP contribution is -2.71. The number of amides is 3. The minimum atomic E-state index is -5.08. The maximum absolute atomic E-state index is 12.9. The number of nitrogen functional groups attached to an aromatic ring is 1. The van der Waals surface area contributed by atoms with Crippen molar-refractivity contribution in [2.45, 2.75) is 36.5 Å². The highest BCUT2D eigenvalue weighted by atomic mass is 32.2. The Morgan fingerprint density at radius 3 is 2.47 bits per heavy atom. The lowest BCUT2D eigenvalue weighted by Gasteiger charge is -2.49. The van der Waals surface area contributed by atoms with Gasteiger partial charge in [0, 0.05) is 42.0 Å². The van der Waals surface area contributed by atoms with E-state index in [1.807, 2.05) is 4.90 Å². The van der Waals surface area contributed by atoms with Gasteiger partial charge in [-0.1, -0.05) is 5.16 Å². The van der Waals surface area contributed by atoms with E-state index in [1.54, 1.807) is 6.08 Å². The van der Waals surface area contributed by atoms with Crippen molar-refractivity contribution in [1.82, 2.24) is 29.8 Å². The quantitative estimate of drug-likeness (QED) is 0.0728. The number of fused-ring (bicyclic) bond motifs is 1.